The van der Waals surface area contributed by atoms with Crippen molar-refractivity contribution in [1.82, 2.24) is 4.90 Å². The number of nitrogens with two attached hydrogens (primary N) is 1. The quantitative estimate of drug-likeness (QED) is 0.833. The van der Waals surface area contributed by atoms with Crippen LogP contribution in [0.15, 0.2) is 24.3 Å². The fourth-order valence-corrected chi connectivity index (χ4v) is 2.30. The van der Waals surface area contributed by atoms with Gasteiger partial charge in [-0.1, -0.05) is 6.07 Å². The average Bonchev–Trinajstić information content (AvgIpc) is 2.37. The van der Waals surface area contributed by atoms with Gasteiger partial charge in [0.1, 0.15) is 5.75 Å². The predicted octanol–water partition coefficient (Wildman–Crippen LogP) is 2.05. The van der Waals surface area contributed by atoms with E-state index in [0.717, 1.165) is 19.4 Å². The Bertz CT molecular complexity index is 420. The van der Waals surface area contributed by atoms with Crippen molar-refractivity contribution < 1.29 is 9.53 Å². The van der Waals surface area contributed by atoms with Gasteiger partial charge in [-0.05, 0) is 38.3 Å². The molecule has 1 aromatic rings. The smallest absolute Gasteiger partial charge is 0.260 e. The van der Waals surface area contributed by atoms with E-state index in [9.17, 15) is 4.79 Å². The molecule has 2 rings (SSSR count). The van der Waals surface area contributed by atoms with Crippen LogP contribution in [-0.4, -0.2) is 30.0 Å². The molecule has 0 aromatic heterocycles. The van der Waals surface area contributed by atoms with E-state index in [4.69, 9.17) is 10.5 Å². The Morgan fingerprint density at radius 2 is 2.33 bits per heavy atom. The highest BCUT2D eigenvalue weighted by molar-refractivity contribution is 5.78. The molecular weight excluding hydrogens is 228 g/mol. The van der Waals surface area contributed by atoms with Crippen molar-refractivity contribution in [2.24, 2.45) is 0 Å². The number of amides is 1. The van der Waals surface area contributed by atoms with Crippen molar-refractivity contribution in [3.05, 3.63) is 24.3 Å². The van der Waals surface area contributed by atoms with Crippen LogP contribution in [0.2, 0.25) is 0 Å². The van der Waals surface area contributed by atoms with Crippen LogP contribution in [0, 0.1) is 0 Å². The van der Waals surface area contributed by atoms with E-state index in [-0.39, 0.29) is 12.5 Å². The number of piperidine rings is 1. The van der Waals surface area contributed by atoms with E-state index in [2.05, 4.69) is 6.92 Å². The normalized spacial score (nSPS) is 19.6. The Labute approximate surface area is 108 Å². The van der Waals surface area contributed by atoms with Crippen LogP contribution in [0.25, 0.3) is 0 Å². The zero-order valence-electron chi connectivity index (χ0n) is 10.8. The number of anilines is 1. The van der Waals surface area contributed by atoms with E-state index in [1.54, 1.807) is 12.1 Å². The number of nitrogen functional groups attached to an aromatic ring is 1. The summed E-state index contributed by atoms with van der Waals surface area (Å²) in [6.45, 7) is 3.03. The van der Waals surface area contributed by atoms with Gasteiger partial charge < -0.3 is 15.4 Å². The summed E-state index contributed by atoms with van der Waals surface area (Å²) >= 11 is 0. The van der Waals surface area contributed by atoms with Crippen molar-refractivity contribution in [2.75, 3.05) is 18.9 Å². The van der Waals surface area contributed by atoms with E-state index in [1.807, 2.05) is 17.0 Å². The highest BCUT2D eigenvalue weighted by atomic mass is 16.5. The number of hydrogen-bond donors (Lipinski definition) is 1. The summed E-state index contributed by atoms with van der Waals surface area (Å²) in [6, 6.07) is 7.48. The van der Waals surface area contributed by atoms with Crippen molar-refractivity contribution >= 4 is 11.6 Å². The lowest BCUT2D eigenvalue weighted by molar-refractivity contribution is -0.136. The topological polar surface area (TPSA) is 55.6 Å². The lowest BCUT2D eigenvalue weighted by Crippen LogP contribution is -2.44. The summed E-state index contributed by atoms with van der Waals surface area (Å²) in [5.74, 6) is 0.706. The van der Waals surface area contributed by atoms with Gasteiger partial charge in [0.05, 0.1) is 0 Å². The highest BCUT2D eigenvalue weighted by Gasteiger charge is 2.23. The third-order valence-corrected chi connectivity index (χ3v) is 3.34. The zero-order chi connectivity index (χ0) is 13.0. The van der Waals surface area contributed by atoms with Gasteiger partial charge in [-0.3, -0.25) is 4.79 Å². The standard InChI is InChI=1S/C14H20N2O2/c1-11-5-2-3-8-16(11)14(17)10-18-13-7-4-6-12(15)9-13/h4,6-7,9,11H,2-3,5,8,10,15H2,1H3/t11-/m0/s1. The van der Waals surface area contributed by atoms with E-state index < -0.39 is 0 Å². The Morgan fingerprint density at radius 3 is 3.06 bits per heavy atom. The first-order valence-electron chi connectivity index (χ1n) is 6.44. The summed E-state index contributed by atoms with van der Waals surface area (Å²) in [5, 5.41) is 0. The molecule has 0 unspecified atom stereocenters. The van der Waals surface area contributed by atoms with Gasteiger partial charge in [0.25, 0.3) is 5.91 Å². The molecule has 4 heteroatoms. The minimum absolute atomic E-state index is 0.0598. The minimum atomic E-state index is 0.0598. The molecule has 0 saturated carbocycles. The lowest BCUT2D eigenvalue weighted by atomic mass is 10.0. The van der Waals surface area contributed by atoms with Crippen LogP contribution in [0.5, 0.6) is 5.75 Å². The number of likely N-dealkylation sites (tertiary alicyclic amines) is 1. The second-order valence-corrected chi connectivity index (χ2v) is 4.79. The summed E-state index contributed by atoms with van der Waals surface area (Å²) in [4.78, 5) is 13.9. The molecule has 1 aliphatic rings. The molecule has 0 spiro atoms. The molecule has 1 amide bonds. The Hall–Kier alpha value is -1.71. The summed E-state index contributed by atoms with van der Waals surface area (Å²) in [6.07, 6.45) is 3.39. The number of rotatable bonds is 3. The fourth-order valence-electron chi connectivity index (χ4n) is 2.30. The van der Waals surface area contributed by atoms with Gasteiger partial charge in [-0.2, -0.15) is 0 Å². The molecule has 18 heavy (non-hydrogen) atoms. The summed E-state index contributed by atoms with van der Waals surface area (Å²) in [5.41, 5.74) is 6.30. The third kappa shape index (κ3) is 3.15. The van der Waals surface area contributed by atoms with Crippen molar-refractivity contribution in [3.8, 4) is 5.75 Å². The minimum Gasteiger partial charge on any atom is -0.484 e. The van der Waals surface area contributed by atoms with Gasteiger partial charge in [-0.25, -0.2) is 0 Å². The molecule has 1 saturated heterocycles. The summed E-state index contributed by atoms with van der Waals surface area (Å²) < 4.78 is 5.48. The molecule has 2 N–H and O–H groups in total. The Morgan fingerprint density at radius 1 is 1.50 bits per heavy atom. The van der Waals surface area contributed by atoms with E-state index >= 15 is 0 Å². The van der Waals surface area contributed by atoms with Crippen LogP contribution in [0.1, 0.15) is 26.2 Å². The Kier molecular flexibility index (Phi) is 4.07. The van der Waals surface area contributed by atoms with Crippen LogP contribution in [-0.2, 0) is 4.79 Å². The second-order valence-electron chi connectivity index (χ2n) is 4.79. The number of carbonyl (C=O) groups is 1. The monoisotopic (exact) mass is 248 g/mol. The molecular formula is C14H20N2O2. The molecule has 1 atom stereocenters. The number of benzene rings is 1. The van der Waals surface area contributed by atoms with Gasteiger partial charge in [-0.15, -0.1) is 0 Å². The predicted molar refractivity (Wildman–Crippen MR) is 71.4 cm³/mol. The first kappa shape index (κ1) is 12.7. The van der Waals surface area contributed by atoms with Gasteiger partial charge in [0.2, 0.25) is 0 Å². The molecule has 1 aromatic carbocycles. The van der Waals surface area contributed by atoms with Gasteiger partial charge >= 0.3 is 0 Å². The molecule has 0 aliphatic carbocycles. The molecule has 1 aliphatic heterocycles. The number of hydrogen-bond acceptors (Lipinski definition) is 3. The number of nitrogens with zero attached hydrogens (tertiary/aromatic N) is 1. The van der Waals surface area contributed by atoms with E-state index in [1.165, 1.54) is 6.42 Å². The maximum Gasteiger partial charge on any atom is 0.260 e. The molecule has 4 nitrogen and oxygen atoms in total. The van der Waals surface area contributed by atoms with Crippen LogP contribution in [0.4, 0.5) is 5.69 Å². The summed E-state index contributed by atoms with van der Waals surface area (Å²) in [7, 11) is 0. The average molecular weight is 248 g/mol. The van der Waals surface area contributed by atoms with Gasteiger partial charge in [0, 0.05) is 24.3 Å². The van der Waals surface area contributed by atoms with Crippen LogP contribution >= 0.6 is 0 Å². The first-order valence-corrected chi connectivity index (χ1v) is 6.44. The van der Waals surface area contributed by atoms with Crippen LogP contribution in [0.3, 0.4) is 0 Å². The molecule has 1 fully saturated rings. The molecule has 0 bridgehead atoms. The van der Waals surface area contributed by atoms with Gasteiger partial charge in [0.15, 0.2) is 6.61 Å². The van der Waals surface area contributed by atoms with Crippen molar-refractivity contribution in [2.45, 2.75) is 32.2 Å². The largest absolute Gasteiger partial charge is 0.484 e. The molecule has 0 radical (unpaired) electrons. The SMILES string of the molecule is C[C@H]1CCCCN1C(=O)COc1cccc(N)c1. The molecule has 98 valence electrons. The number of ether oxygens (including phenoxy) is 1. The number of carbonyl (C=O) groups excluding carboxylic acids is 1. The van der Waals surface area contributed by atoms with Crippen molar-refractivity contribution in [1.29, 1.82) is 0 Å². The first-order chi connectivity index (χ1) is 8.66. The second kappa shape index (κ2) is 5.76. The maximum atomic E-state index is 12.0. The lowest BCUT2D eigenvalue weighted by Gasteiger charge is -2.33. The fraction of sp³-hybridized carbons (Fsp3) is 0.500. The maximum absolute atomic E-state index is 12.0. The van der Waals surface area contributed by atoms with E-state index in [0.29, 0.717) is 17.5 Å². The third-order valence-electron chi connectivity index (χ3n) is 3.34. The zero-order valence-corrected chi connectivity index (χ0v) is 10.8. The Balaban J connectivity index is 1.88. The van der Waals surface area contributed by atoms with Crippen molar-refractivity contribution in [3.63, 3.8) is 0 Å². The van der Waals surface area contributed by atoms with Crippen LogP contribution < -0.4 is 10.5 Å². The molecule has 1 heterocycles. The highest BCUT2D eigenvalue weighted by Crippen LogP contribution is 2.18.